The van der Waals surface area contributed by atoms with Crippen LogP contribution in [-0.4, -0.2) is 44.5 Å². The molecule has 0 amide bonds. The molecule has 35 heavy (non-hydrogen) atoms. The summed E-state index contributed by atoms with van der Waals surface area (Å²) >= 11 is 0. The molecule has 2 N–H and O–H groups in total. The second kappa shape index (κ2) is 29.9. The number of carbonyl (C=O) groups is 1. The van der Waals surface area contributed by atoms with Gasteiger partial charge in [0.2, 0.25) is 0 Å². The molecule has 1 aliphatic carbocycles. The first-order chi connectivity index (χ1) is 16.8. The minimum atomic E-state index is 0.601. The molecule has 0 unspecified atom stereocenters. The molecule has 0 atom stereocenters. The van der Waals surface area contributed by atoms with Crippen LogP contribution >= 0.6 is 0 Å². The van der Waals surface area contributed by atoms with Gasteiger partial charge in [0.1, 0.15) is 6.29 Å². The molecule has 0 aromatic rings. The molecule has 0 bridgehead atoms. The quantitative estimate of drug-likeness (QED) is 0.0739. The van der Waals surface area contributed by atoms with Gasteiger partial charge in [0.15, 0.2) is 0 Å². The van der Waals surface area contributed by atoms with Gasteiger partial charge in [-0.2, -0.15) is 0 Å². The molecule has 0 aromatic carbocycles. The fourth-order valence-electron chi connectivity index (χ4n) is 2.99. The normalized spacial score (nSPS) is 13.8. The number of ether oxygens (including phenoxy) is 1. The Kier molecular flexibility index (Phi) is 32.0. The second-order valence-corrected chi connectivity index (χ2v) is 8.63. The van der Waals surface area contributed by atoms with Crippen LogP contribution in [0.4, 0.5) is 0 Å². The van der Waals surface area contributed by atoms with Crippen LogP contribution in [0.3, 0.4) is 0 Å². The maximum Gasteiger partial charge on any atom is 0.142 e. The third-order valence-corrected chi connectivity index (χ3v) is 4.46. The molecular weight excluding hydrogens is 434 g/mol. The fraction of sp³-hybridized carbons (Fsp3) is 0.633. The highest BCUT2D eigenvalue weighted by molar-refractivity contribution is 5.66. The standard InChI is InChI=1S/C16H27N3O.C8H16O.C3H8.C3H6/c1-6-7-10-17-18-15(3)12-14(2)16(9-8-11-20)13-19(4)5;1-2-9-8-6-4-3-5-7-8;2*1-3-2/h8-9,11-13,17-18H,3,6-7,10H2,1-2,4-5H3;8H,2-7H2,1H3;3H2,1-2H3;3H,1H2,2H3/b9-8-,14-12+,16-13+;;;. The first-order valence-corrected chi connectivity index (χ1v) is 13.3. The van der Waals surface area contributed by atoms with Crippen molar-refractivity contribution in [2.24, 2.45) is 0 Å². The van der Waals surface area contributed by atoms with E-state index in [1.165, 1.54) is 44.6 Å². The molecule has 0 aliphatic heterocycles. The van der Waals surface area contributed by atoms with Crippen LogP contribution in [0.2, 0.25) is 0 Å². The number of hydrogen-bond acceptors (Lipinski definition) is 5. The van der Waals surface area contributed by atoms with Gasteiger partial charge in [-0.05, 0) is 63.3 Å². The minimum absolute atomic E-state index is 0.601. The van der Waals surface area contributed by atoms with E-state index in [0.717, 1.165) is 49.1 Å². The van der Waals surface area contributed by atoms with E-state index >= 15 is 0 Å². The van der Waals surface area contributed by atoms with Gasteiger partial charge >= 0.3 is 0 Å². The Morgan fingerprint density at radius 1 is 1.11 bits per heavy atom. The summed E-state index contributed by atoms with van der Waals surface area (Å²) in [6, 6.07) is 0. The summed E-state index contributed by atoms with van der Waals surface area (Å²) in [4.78, 5) is 12.4. The Labute approximate surface area is 218 Å². The van der Waals surface area contributed by atoms with Crippen LogP contribution in [0.25, 0.3) is 0 Å². The van der Waals surface area contributed by atoms with E-state index in [0.29, 0.717) is 6.10 Å². The Hall–Kier alpha value is -2.11. The molecule has 204 valence electrons. The topological polar surface area (TPSA) is 53.6 Å². The molecule has 1 fully saturated rings. The summed E-state index contributed by atoms with van der Waals surface area (Å²) in [6.45, 7) is 21.5. The summed E-state index contributed by atoms with van der Waals surface area (Å²) in [5, 5.41) is 0. The maximum absolute atomic E-state index is 10.5. The lowest BCUT2D eigenvalue weighted by molar-refractivity contribution is -0.104. The molecular formula is C30H57N3O2. The number of nitrogens with one attached hydrogen (secondary N) is 2. The monoisotopic (exact) mass is 491 g/mol. The van der Waals surface area contributed by atoms with E-state index in [2.05, 4.69) is 51.7 Å². The van der Waals surface area contributed by atoms with Gasteiger partial charge in [-0.3, -0.25) is 4.79 Å². The zero-order valence-electron chi connectivity index (χ0n) is 24.3. The molecule has 0 spiro atoms. The number of aldehydes is 1. The van der Waals surface area contributed by atoms with Gasteiger partial charge in [0, 0.05) is 39.1 Å². The molecule has 0 aromatic heterocycles. The summed E-state index contributed by atoms with van der Waals surface area (Å²) < 4.78 is 5.48. The third kappa shape index (κ3) is 29.9. The van der Waals surface area contributed by atoms with Crippen LogP contribution in [-0.2, 0) is 9.53 Å². The lowest BCUT2D eigenvalue weighted by atomic mass is 9.98. The second-order valence-electron chi connectivity index (χ2n) is 8.63. The molecule has 1 aliphatic rings. The van der Waals surface area contributed by atoms with Crippen LogP contribution < -0.4 is 10.9 Å². The Morgan fingerprint density at radius 2 is 1.69 bits per heavy atom. The number of hydrogen-bond donors (Lipinski definition) is 2. The lowest BCUT2D eigenvalue weighted by Crippen LogP contribution is -2.30. The SMILES string of the molecule is C=C(/C=C(C)/C(/C=C\C=O)=C/N(C)C)NNCCCC.C=CC.CCC.CCOC1CCCCC1. The number of allylic oxidation sites excluding steroid dienone is 6. The number of carbonyl (C=O) groups excluding carboxylic acids is 1. The molecule has 5 heteroatoms. The van der Waals surface area contributed by atoms with E-state index < -0.39 is 0 Å². The number of unbranched alkanes of at least 4 members (excludes halogenated alkanes) is 1. The molecule has 1 saturated carbocycles. The average molecular weight is 492 g/mol. The van der Waals surface area contributed by atoms with Gasteiger partial charge < -0.3 is 15.1 Å². The van der Waals surface area contributed by atoms with Gasteiger partial charge in [0.25, 0.3) is 0 Å². The lowest BCUT2D eigenvalue weighted by Gasteiger charge is -2.20. The van der Waals surface area contributed by atoms with Crippen LogP contribution in [0, 0.1) is 0 Å². The van der Waals surface area contributed by atoms with Gasteiger partial charge in [-0.25, -0.2) is 5.43 Å². The Morgan fingerprint density at radius 3 is 2.14 bits per heavy atom. The predicted molar refractivity (Wildman–Crippen MR) is 156 cm³/mol. The van der Waals surface area contributed by atoms with Crippen molar-refractivity contribution in [3.05, 3.63) is 60.5 Å². The van der Waals surface area contributed by atoms with E-state index in [1.54, 1.807) is 12.2 Å². The summed E-state index contributed by atoms with van der Waals surface area (Å²) in [7, 11) is 3.89. The zero-order valence-corrected chi connectivity index (χ0v) is 24.3. The Bertz CT molecular complexity index is 584. The van der Waals surface area contributed by atoms with Crippen LogP contribution in [0.15, 0.2) is 60.5 Å². The highest BCUT2D eigenvalue weighted by Crippen LogP contribution is 2.19. The van der Waals surface area contributed by atoms with Gasteiger partial charge in [0.05, 0.1) is 6.10 Å². The predicted octanol–water partition coefficient (Wildman–Crippen LogP) is 7.51. The molecule has 1 rings (SSSR count). The van der Waals surface area contributed by atoms with Crippen LogP contribution in [0.5, 0.6) is 0 Å². The zero-order chi connectivity index (χ0) is 27.3. The summed E-state index contributed by atoms with van der Waals surface area (Å²) in [6.07, 6.45) is 20.6. The highest BCUT2D eigenvalue weighted by atomic mass is 16.5. The smallest absolute Gasteiger partial charge is 0.142 e. The van der Waals surface area contributed by atoms with Crippen molar-refractivity contribution in [3.8, 4) is 0 Å². The molecule has 0 radical (unpaired) electrons. The molecule has 0 heterocycles. The van der Waals surface area contributed by atoms with Crippen LogP contribution in [0.1, 0.15) is 92.9 Å². The summed E-state index contributed by atoms with van der Waals surface area (Å²) in [5.74, 6) is 0. The number of hydrazine groups is 1. The number of nitrogens with zero attached hydrogens (tertiary/aromatic N) is 1. The molecule has 5 nitrogen and oxygen atoms in total. The van der Waals surface area contributed by atoms with E-state index in [-0.39, 0.29) is 0 Å². The van der Waals surface area contributed by atoms with Crippen molar-refractivity contribution >= 4 is 6.29 Å². The molecule has 0 saturated heterocycles. The maximum atomic E-state index is 10.5. The van der Waals surface area contributed by atoms with E-state index in [1.807, 2.05) is 45.1 Å². The van der Waals surface area contributed by atoms with Crippen molar-refractivity contribution in [1.29, 1.82) is 0 Å². The van der Waals surface area contributed by atoms with Crippen molar-refractivity contribution < 1.29 is 9.53 Å². The first kappa shape index (κ1) is 37.4. The fourth-order valence-corrected chi connectivity index (χ4v) is 2.99. The highest BCUT2D eigenvalue weighted by Gasteiger charge is 2.11. The third-order valence-electron chi connectivity index (χ3n) is 4.46. The minimum Gasteiger partial charge on any atom is -0.383 e. The Balaban J connectivity index is -0.000000556. The van der Waals surface area contributed by atoms with E-state index in [4.69, 9.17) is 4.74 Å². The van der Waals surface area contributed by atoms with E-state index in [9.17, 15) is 4.79 Å². The van der Waals surface area contributed by atoms with Gasteiger partial charge in [-0.1, -0.05) is 71.6 Å². The van der Waals surface area contributed by atoms with Crippen molar-refractivity contribution in [3.63, 3.8) is 0 Å². The van der Waals surface area contributed by atoms with Crippen molar-refractivity contribution in [2.45, 2.75) is 99.0 Å². The number of rotatable bonds is 12. The summed E-state index contributed by atoms with van der Waals surface area (Å²) in [5.41, 5.74) is 8.97. The first-order valence-electron chi connectivity index (χ1n) is 13.3. The van der Waals surface area contributed by atoms with Crippen molar-refractivity contribution in [1.82, 2.24) is 15.8 Å². The average Bonchev–Trinajstić information content (AvgIpc) is 2.81. The largest absolute Gasteiger partial charge is 0.383 e. The van der Waals surface area contributed by atoms with Crippen molar-refractivity contribution in [2.75, 3.05) is 27.2 Å². The van der Waals surface area contributed by atoms with Gasteiger partial charge in [-0.15, -0.1) is 6.58 Å².